The number of benzene rings is 1. The van der Waals surface area contributed by atoms with Gasteiger partial charge in [-0.15, -0.1) is 0 Å². The molecular formula is C17H26FN. The summed E-state index contributed by atoms with van der Waals surface area (Å²) in [5.41, 5.74) is 1.05. The monoisotopic (exact) mass is 263 g/mol. The molecule has 0 aliphatic heterocycles. The topological polar surface area (TPSA) is 12.0 Å². The summed E-state index contributed by atoms with van der Waals surface area (Å²) >= 11 is 0. The van der Waals surface area contributed by atoms with E-state index in [0.29, 0.717) is 6.04 Å². The van der Waals surface area contributed by atoms with E-state index in [1.807, 2.05) is 6.07 Å². The molecule has 1 aromatic carbocycles. The molecule has 1 N–H and O–H groups in total. The third-order valence-corrected chi connectivity index (χ3v) is 4.49. The van der Waals surface area contributed by atoms with Gasteiger partial charge in [0.2, 0.25) is 0 Å². The molecular weight excluding hydrogens is 237 g/mol. The normalized spacial score (nSPS) is 25.5. The van der Waals surface area contributed by atoms with E-state index in [4.69, 9.17) is 0 Å². The van der Waals surface area contributed by atoms with Crippen LogP contribution in [0.4, 0.5) is 4.39 Å². The third kappa shape index (κ3) is 3.79. The van der Waals surface area contributed by atoms with Gasteiger partial charge >= 0.3 is 0 Å². The van der Waals surface area contributed by atoms with Crippen LogP contribution in [0.2, 0.25) is 0 Å². The second-order valence-corrected chi connectivity index (χ2v) is 6.24. The zero-order valence-corrected chi connectivity index (χ0v) is 12.3. The molecule has 0 spiro atoms. The smallest absolute Gasteiger partial charge is 0.123 e. The standard InChI is InChI=1S/C17H26FN/c1-12(2)16-9-4-5-10-17(16)19-13(3)14-7-6-8-15(18)11-14/h6-8,11-13,16-17,19H,4-5,9-10H2,1-3H3/t13-,16?,17?/m0/s1. The lowest BCUT2D eigenvalue weighted by atomic mass is 9.77. The molecule has 0 aromatic heterocycles. The molecule has 19 heavy (non-hydrogen) atoms. The van der Waals surface area contributed by atoms with Gasteiger partial charge in [0.05, 0.1) is 0 Å². The fourth-order valence-electron chi connectivity index (χ4n) is 3.36. The van der Waals surface area contributed by atoms with Crippen LogP contribution in [0.3, 0.4) is 0 Å². The summed E-state index contributed by atoms with van der Waals surface area (Å²) in [6.45, 7) is 6.77. The highest BCUT2D eigenvalue weighted by atomic mass is 19.1. The van der Waals surface area contributed by atoms with Crippen LogP contribution in [0.15, 0.2) is 24.3 Å². The lowest BCUT2D eigenvalue weighted by molar-refractivity contribution is 0.195. The van der Waals surface area contributed by atoms with Crippen molar-refractivity contribution in [3.63, 3.8) is 0 Å². The lowest BCUT2D eigenvalue weighted by Gasteiger charge is -2.37. The lowest BCUT2D eigenvalue weighted by Crippen LogP contribution is -2.42. The minimum atomic E-state index is -0.143. The van der Waals surface area contributed by atoms with Crippen molar-refractivity contribution in [2.24, 2.45) is 11.8 Å². The average molecular weight is 263 g/mol. The van der Waals surface area contributed by atoms with E-state index in [1.165, 1.54) is 31.7 Å². The van der Waals surface area contributed by atoms with Gasteiger partial charge < -0.3 is 5.32 Å². The first-order chi connectivity index (χ1) is 9.08. The van der Waals surface area contributed by atoms with Crippen molar-refractivity contribution in [3.8, 4) is 0 Å². The molecule has 1 saturated carbocycles. The molecule has 106 valence electrons. The molecule has 1 aliphatic carbocycles. The first-order valence-corrected chi connectivity index (χ1v) is 7.59. The Labute approximate surface area is 116 Å². The van der Waals surface area contributed by atoms with E-state index in [-0.39, 0.29) is 11.9 Å². The van der Waals surface area contributed by atoms with Gasteiger partial charge in [-0.05, 0) is 49.3 Å². The molecule has 3 atom stereocenters. The number of hydrogen-bond donors (Lipinski definition) is 1. The Balaban J connectivity index is 2.02. The van der Waals surface area contributed by atoms with E-state index >= 15 is 0 Å². The Kier molecular flexibility index (Phi) is 4.98. The van der Waals surface area contributed by atoms with Crippen molar-refractivity contribution in [3.05, 3.63) is 35.6 Å². The highest BCUT2D eigenvalue weighted by Crippen LogP contribution is 2.31. The zero-order valence-electron chi connectivity index (χ0n) is 12.3. The molecule has 1 aromatic rings. The summed E-state index contributed by atoms with van der Waals surface area (Å²) in [6, 6.07) is 7.75. The summed E-state index contributed by atoms with van der Waals surface area (Å²) in [4.78, 5) is 0. The van der Waals surface area contributed by atoms with E-state index in [9.17, 15) is 4.39 Å². The Hall–Kier alpha value is -0.890. The highest BCUT2D eigenvalue weighted by Gasteiger charge is 2.28. The Morgan fingerprint density at radius 2 is 1.89 bits per heavy atom. The van der Waals surface area contributed by atoms with Crippen LogP contribution in [0, 0.1) is 17.7 Å². The zero-order chi connectivity index (χ0) is 13.8. The van der Waals surface area contributed by atoms with Crippen molar-refractivity contribution >= 4 is 0 Å². The van der Waals surface area contributed by atoms with E-state index < -0.39 is 0 Å². The number of rotatable bonds is 4. The second kappa shape index (κ2) is 6.51. The van der Waals surface area contributed by atoms with Gasteiger partial charge in [-0.2, -0.15) is 0 Å². The summed E-state index contributed by atoms with van der Waals surface area (Å²) in [5, 5.41) is 3.73. The van der Waals surface area contributed by atoms with Crippen molar-refractivity contribution in [1.29, 1.82) is 0 Å². The molecule has 1 fully saturated rings. The quantitative estimate of drug-likeness (QED) is 0.831. The Bertz CT molecular complexity index is 402. The van der Waals surface area contributed by atoms with Crippen LogP contribution < -0.4 is 5.32 Å². The summed E-state index contributed by atoms with van der Waals surface area (Å²) < 4.78 is 13.3. The van der Waals surface area contributed by atoms with E-state index in [1.54, 1.807) is 12.1 Å². The third-order valence-electron chi connectivity index (χ3n) is 4.49. The van der Waals surface area contributed by atoms with Gasteiger partial charge in [0, 0.05) is 12.1 Å². The maximum atomic E-state index is 13.3. The van der Waals surface area contributed by atoms with Gasteiger partial charge in [-0.25, -0.2) is 4.39 Å². The summed E-state index contributed by atoms with van der Waals surface area (Å²) in [5.74, 6) is 1.33. The van der Waals surface area contributed by atoms with E-state index in [2.05, 4.69) is 26.1 Å². The van der Waals surface area contributed by atoms with Gasteiger partial charge in [0.1, 0.15) is 5.82 Å². The van der Waals surface area contributed by atoms with Crippen LogP contribution in [-0.4, -0.2) is 6.04 Å². The predicted octanol–water partition coefficient (Wildman–Crippen LogP) is 4.69. The molecule has 2 heteroatoms. The first-order valence-electron chi connectivity index (χ1n) is 7.59. The molecule has 0 bridgehead atoms. The Morgan fingerprint density at radius 3 is 2.58 bits per heavy atom. The van der Waals surface area contributed by atoms with Crippen LogP contribution in [0.25, 0.3) is 0 Å². The number of halogens is 1. The van der Waals surface area contributed by atoms with Crippen molar-refractivity contribution in [2.75, 3.05) is 0 Å². The first kappa shape index (κ1) is 14.5. The van der Waals surface area contributed by atoms with Crippen LogP contribution >= 0.6 is 0 Å². The fraction of sp³-hybridized carbons (Fsp3) is 0.647. The van der Waals surface area contributed by atoms with Crippen LogP contribution in [0.5, 0.6) is 0 Å². The number of hydrogen-bond acceptors (Lipinski definition) is 1. The van der Waals surface area contributed by atoms with E-state index in [0.717, 1.165) is 17.4 Å². The fourth-order valence-corrected chi connectivity index (χ4v) is 3.36. The maximum absolute atomic E-state index is 13.3. The average Bonchev–Trinajstić information content (AvgIpc) is 2.39. The SMILES string of the molecule is CC(C)C1CCCCC1N[C@@H](C)c1cccc(F)c1. The molecule has 1 nitrogen and oxygen atoms in total. The number of nitrogens with one attached hydrogen (secondary N) is 1. The van der Waals surface area contributed by atoms with Crippen LogP contribution in [0.1, 0.15) is 58.1 Å². The van der Waals surface area contributed by atoms with Gasteiger partial charge in [-0.3, -0.25) is 0 Å². The van der Waals surface area contributed by atoms with Gasteiger partial charge in [-0.1, -0.05) is 38.8 Å². The molecule has 0 radical (unpaired) electrons. The Morgan fingerprint density at radius 1 is 1.16 bits per heavy atom. The molecule has 0 heterocycles. The van der Waals surface area contributed by atoms with Crippen molar-refractivity contribution in [2.45, 2.75) is 58.5 Å². The molecule has 2 unspecified atom stereocenters. The molecule has 1 aliphatic rings. The molecule has 0 saturated heterocycles. The minimum Gasteiger partial charge on any atom is -0.307 e. The molecule has 0 amide bonds. The largest absolute Gasteiger partial charge is 0.307 e. The maximum Gasteiger partial charge on any atom is 0.123 e. The minimum absolute atomic E-state index is 0.143. The van der Waals surface area contributed by atoms with Gasteiger partial charge in [0.25, 0.3) is 0 Å². The highest BCUT2D eigenvalue weighted by molar-refractivity contribution is 5.19. The van der Waals surface area contributed by atoms with Crippen molar-refractivity contribution < 1.29 is 4.39 Å². The summed E-state index contributed by atoms with van der Waals surface area (Å²) in [6.07, 6.45) is 5.25. The predicted molar refractivity (Wildman–Crippen MR) is 78.5 cm³/mol. The van der Waals surface area contributed by atoms with Crippen LogP contribution in [-0.2, 0) is 0 Å². The second-order valence-electron chi connectivity index (χ2n) is 6.24. The van der Waals surface area contributed by atoms with Crippen molar-refractivity contribution in [1.82, 2.24) is 5.32 Å². The summed E-state index contributed by atoms with van der Waals surface area (Å²) in [7, 11) is 0. The van der Waals surface area contributed by atoms with Gasteiger partial charge in [0.15, 0.2) is 0 Å². The molecule has 2 rings (SSSR count).